The Morgan fingerprint density at radius 1 is 1.18 bits per heavy atom. The summed E-state index contributed by atoms with van der Waals surface area (Å²) < 4.78 is 11.3. The fraction of sp³-hybridized carbons (Fsp3) is 0.900. The molecule has 102 valence electrons. The molecule has 0 atom stereocenters. The lowest BCUT2D eigenvalue weighted by Crippen LogP contribution is -2.35. The summed E-state index contributed by atoms with van der Waals surface area (Å²) in [6, 6.07) is 0. The summed E-state index contributed by atoms with van der Waals surface area (Å²) in [5.41, 5.74) is 0. The van der Waals surface area contributed by atoms with Gasteiger partial charge in [0.05, 0.1) is 12.2 Å². The second-order valence-electron chi connectivity index (χ2n) is 4.17. The molecule has 0 aliphatic heterocycles. The van der Waals surface area contributed by atoms with Gasteiger partial charge in [-0.25, -0.2) is 0 Å². The highest BCUT2D eigenvalue weighted by Crippen LogP contribution is 2.46. The smallest absolute Gasteiger partial charge is 0.289 e. The maximum atomic E-state index is 5.66. The Hall–Kier alpha value is 0.260. The van der Waals surface area contributed by atoms with Crippen molar-refractivity contribution in [3.63, 3.8) is 0 Å². The summed E-state index contributed by atoms with van der Waals surface area (Å²) in [4.78, 5) is 0. The van der Waals surface area contributed by atoms with Crippen molar-refractivity contribution in [3.8, 4) is 0 Å². The van der Waals surface area contributed by atoms with Crippen molar-refractivity contribution in [1.82, 2.24) is 10.4 Å². The van der Waals surface area contributed by atoms with Crippen LogP contribution >= 0.6 is 18.9 Å². The van der Waals surface area contributed by atoms with Crippen LogP contribution in [0.25, 0.3) is 0 Å². The Bertz CT molecular complexity index is 271. The molecule has 0 unspecified atom stereocenters. The number of thiocarbonyl (C=S) groups is 1. The average Bonchev–Trinajstić information content (AvgIpc) is 2.10. The van der Waals surface area contributed by atoms with Gasteiger partial charge < -0.3 is 14.4 Å². The summed E-state index contributed by atoms with van der Waals surface area (Å²) in [6.07, 6.45) is 1.00. The van der Waals surface area contributed by atoms with Crippen LogP contribution in [0.2, 0.25) is 0 Å². The first-order chi connectivity index (χ1) is 7.79. The highest BCUT2D eigenvalue weighted by atomic mass is 32.5. The van der Waals surface area contributed by atoms with Crippen LogP contribution in [-0.4, -0.2) is 23.9 Å². The van der Waals surface area contributed by atoms with Crippen LogP contribution in [0, 0.1) is 0 Å². The monoisotopic (exact) mass is 298 g/mol. The third-order valence-electron chi connectivity index (χ3n) is 1.47. The van der Waals surface area contributed by atoms with Gasteiger partial charge in [0, 0.05) is 6.54 Å². The summed E-state index contributed by atoms with van der Waals surface area (Å²) >= 11 is 10.6. The molecule has 0 amide bonds. The molecule has 0 saturated carbocycles. The van der Waals surface area contributed by atoms with Crippen LogP contribution in [0.1, 0.15) is 41.0 Å². The number of hydrogen-bond donors (Lipinski definition) is 2. The lowest BCUT2D eigenvalue weighted by molar-refractivity contribution is 0.172. The fourth-order valence-electron chi connectivity index (χ4n) is 1.04. The van der Waals surface area contributed by atoms with Gasteiger partial charge in [-0.2, -0.15) is 0 Å². The largest absolute Gasteiger partial charge is 0.362 e. The third-order valence-corrected chi connectivity index (χ3v) is 4.56. The van der Waals surface area contributed by atoms with Gasteiger partial charge in [-0.1, -0.05) is 6.92 Å². The Kier molecular flexibility index (Phi) is 8.51. The Labute approximate surface area is 115 Å². The minimum Gasteiger partial charge on any atom is -0.362 e. The van der Waals surface area contributed by atoms with Crippen molar-refractivity contribution in [2.45, 2.75) is 53.2 Å². The van der Waals surface area contributed by atoms with E-state index in [1.165, 1.54) is 0 Å². The normalized spacial score (nSPS) is 11.9. The van der Waals surface area contributed by atoms with Gasteiger partial charge in [0.15, 0.2) is 5.11 Å². The lowest BCUT2D eigenvalue weighted by atomic mass is 10.5. The molecule has 0 aliphatic rings. The van der Waals surface area contributed by atoms with Crippen molar-refractivity contribution in [2.75, 3.05) is 6.54 Å². The molecule has 2 N–H and O–H groups in total. The molecule has 0 heterocycles. The number of nitrogens with one attached hydrogen (secondary N) is 2. The van der Waals surface area contributed by atoms with Crippen molar-refractivity contribution < 1.29 is 9.05 Å². The van der Waals surface area contributed by atoms with Gasteiger partial charge >= 0.3 is 0 Å². The van der Waals surface area contributed by atoms with E-state index in [4.69, 9.17) is 33.1 Å². The van der Waals surface area contributed by atoms with Crippen LogP contribution < -0.4 is 10.4 Å². The zero-order valence-electron chi connectivity index (χ0n) is 11.1. The molecule has 17 heavy (non-hydrogen) atoms. The summed E-state index contributed by atoms with van der Waals surface area (Å²) in [6.45, 7) is 8.03. The predicted octanol–water partition coefficient (Wildman–Crippen LogP) is 2.94. The second kappa shape index (κ2) is 8.38. The highest BCUT2D eigenvalue weighted by Gasteiger charge is 2.23. The molecule has 0 aromatic carbocycles. The van der Waals surface area contributed by atoms with E-state index in [-0.39, 0.29) is 12.2 Å². The molecule has 0 aromatic rings. The molecule has 4 nitrogen and oxygen atoms in total. The zero-order valence-corrected chi connectivity index (χ0v) is 13.7. The Balaban J connectivity index is 4.47. The van der Waals surface area contributed by atoms with Crippen molar-refractivity contribution in [2.24, 2.45) is 0 Å². The van der Waals surface area contributed by atoms with Crippen LogP contribution in [0.3, 0.4) is 0 Å². The maximum Gasteiger partial charge on any atom is 0.289 e. The van der Waals surface area contributed by atoms with Gasteiger partial charge in [-0.05, 0) is 58.1 Å². The standard InChI is InChI=1S/C10H23N2O2PS2/c1-6-7-11-10(16)12-15(17,13-8(2)3)14-9(4)5/h8-9H,6-7H2,1-5H3,(H2,11,12,16,17). The SMILES string of the molecule is CCCNC(=S)NP(=S)(OC(C)C)OC(C)C. The van der Waals surface area contributed by atoms with E-state index in [1.54, 1.807) is 0 Å². The molecule has 0 fully saturated rings. The first-order valence-electron chi connectivity index (χ1n) is 5.82. The first-order valence-corrected chi connectivity index (χ1v) is 8.86. The third kappa shape index (κ3) is 8.91. The highest BCUT2D eigenvalue weighted by molar-refractivity contribution is 8.09. The molecule has 0 radical (unpaired) electrons. The van der Waals surface area contributed by atoms with E-state index < -0.39 is 6.64 Å². The second-order valence-corrected chi connectivity index (χ2v) is 7.66. The van der Waals surface area contributed by atoms with Gasteiger partial charge in [0.2, 0.25) is 0 Å². The van der Waals surface area contributed by atoms with Crippen LogP contribution in [0.5, 0.6) is 0 Å². The van der Waals surface area contributed by atoms with Crippen molar-refractivity contribution >= 4 is 35.8 Å². The van der Waals surface area contributed by atoms with Gasteiger partial charge in [-0.15, -0.1) is 0 Å². The van der Waals surface area contributed by atoms with Gasteiger partial charge in [0.25, 0.3) is 6.64 Å². The van der Waals surface area contributed by atoms with Crippen molar-refractivity contribution in [3.05, 3.63) is 0 Å². The molecular formula is C10H23N2O2PS2. The first kappa shape index (κ1) is 17.3. The van der Waals surface area contributed by atoms with Gasteiger partial charge in [-0.3, -0.25) is 5.09 Å². The quantitative estimate of drug-likeness (QED) is 0.556. The number of hydrogen-bond acceptors (Lipinski definition) is 4. The van der Waals surface area contributed by atoms with Crippen LogP contribution in [0.15, 0.2) is 0 Å². The van der Waals surface area contributed by atoms with E-state index in [0.29, 0.717) is 5.11 Å². The number of rotatable bonds is 7. The van der Waals surface area contributed by atoms with Gasteiger partial charge in [0.1, 0.15) is 0 Å². The van der Waals surface area contributed by atoms with E-state index in [9.17, 15) is 0 Å². The average molecular weight is 298 g/mol. The summed E-state index contributed by atoms with van der Waals surface area (Å²) in [5.74, 6) is 0. The Morgan fingerprint density at radius 3 is 2.00 bits per heavy atom. The minimum atomic E-state index is -2.55. The molecule has 0 aromatic heterocycles. The Morgan fingerprint density at radius 2 is 1.65 bits per heavy atom. The molecule has 0 spiro atoms. The summed E-state index contributed by atoms with van der Waals surface area (Å²) in [7, 11) is 0. The predicted molar refractivity (Wildman–Crippen MR) is 80.8 cm³/mol. The molecule has 0 aliphatic carbocycles. The zero-order chi connectivity index (χ0) is 13.5. The fourth-order valence-corrected chi connectivity index (χ4v) is 4.57. The topological polar surface area (TPSA) is 42.5 Å². The molecule has 0 bridgehead atoms. The van der Waals surface area contributed by atoms with E-state index in [0.717, 1.165) is 13.0 Å². The lowest BCUT2D eigenvalue weighted by Gasteiger charge is -2.27. The van der Waals surface area contributed by atoms with E-state index in [2.05, 4.69) is 17.3 Å². The molecular weight excluding hydrogens is 275 g/mol. The van der Waals surface area contributed by atoms with E-state index >= 15 is 0 Å². The maximum absolute atomic E-state index is 5.66. The molecule has 0 rings (SSSR count). The molecule has 0 saturated heterocycles. The van der Waals surface area contributed by atoms with E-state index in [1.807, 2.05) is 27.7 Å². The van der Waals surface area contributed by atoms with Crippen molar-refractivity contribution in [1.29, 1.82) is 0 Å². The van der Waals surface area contributed by atoms with Crippen LogP contribution in [-0.2, 0) is 20.9 Å². The minimum absolute atomic E-state index is 0.000980. The molecule has 7 heteroatoms. The summed E-state index contributed by atoms with van der Waals surface area (Å²) in [5, 5.41) is 6.55. The van der Waals surface area contributed by atoms with Crippen LogP contribution in [0.4, 0.5) is 0 Å².